The maximum absolute atomic E-state index is 3.81. The molecule has 1 N–H and O–H groups in total. The van der Waals surface area contributed by atoms with Gasteiger partial charge in [-0.05, 0) is 64.6 Å². The molecule has 4 unspecified atom stereocenters. The third-order valence-electron chi connectivity index (χ3n) is 5.24. The molecule has 0 aromatic rings. The highest BCUT2D eigenvalue weighted by molar-refractivity contribution is 4.81. The Bertz CT molecular complexity index is 241. The van der Waals surface area contributed by atoms with Gasteiger partial charge < -0.3 is 10.2 Å². The van der Waals surface area contributed by atoms with E-state index in [0.29, 0.717) is 0 Å². The molecule has 2 aliphatic rings. The molecule has 1 saturated heterocycles. The molecular formula is C16H32N2. The van der Waals surface area contributed by atoms with Gasteiger partial charge >= 0.3 is 0 Å². The maximum atomic E-state index is 3.81. The molecule has 2 fully saturated rings. The Morgan fingerprint density at radius 1 is 1.11 bits per heavy atom. The van der Waals surface area contributed by atoms with Crippen LogP contribution in [0.25, 0.3) is 0 Å². The number of hydrogen-bond donors (Lipinski definition) is 1. The lowest BCUT2D eigenvalue weighted by atomic mass is 9.81. The van der Waals surface area contributed by atoms with E-state index in [9.17, 15) is 0 Å². The molecule has 2 nitrogen and oxygen atoms in total. The van der Waals surface area contributed by atoms with Crippen molar-refractivity contribution in [2.45, 2.75) is 70.9 Å². The predicted octanol–water partition coefficient (Wildman–Crippen LogP) is 3.28. The smallest absolute Gasteiger partial charge is 0.00940 e. The Kier molecular flexibility index (Phi) is 5.50. The molecule has 2 rings (SSSR count). The lowest BCUT2D eigenvalue weighted by Crippen LogP contribution is -2.46. The predicted molar refractivity (Wildman–Crippen MR) is 78.9 cm³/mol. The lowest BCUT2D eigenvalue weighted by molar-refractivity contribution is 0.166. The van der Waals surface area contributed by atoms with Crippen LogP contribution < -0.4 is 5.32 Å². The van der Waals surface area contributed by atoms with Crippen molar-refractivity contribution in [1.29, 1.82) is 0 Å². The van der Waals surface area contributed by atoms with Crippen molar-refractivity contribution in [3.05, 3.63) is 0 Å². The molecule has 1 heterocycles. The van der Waals surface area contributed by atoms with E-state index in [1.165, 1.54) is 58.0 Å². The Balaban J connectivity index is 1.60. The van der Waals surface area contributed by atoms with E-state index >= 15 is 0 Å². The van der Waals surface area contributed by atoms with Crippen molar-refractivity contribution in [2.75, 3.05) is 20.1 Å². The molecule has 0 aromatic heterocycles. The van der Waals surface area contributed by atoms with Gasteiger partial charge in [0.1, 0.15) is 0 Å². The van der Waals surface area contributed by atoms with E-state index in [2.05, 4.69) is 31.1 Å². The van der Waals surface area contributed by atoms with Crippen molar-refractivity contribution < 1.29 is 0 Å². The molecule has 0 spiro atoms. The first-order valence-electron chi connectivity index (χ1n) is 8.08. The van der Waals surface area contributed by atoms with Gasteiger partial charge in [0.15, 0.2) is 0 Å². The summed E-state index contributed by atoms with van der Waals surface area (Å²) >= 11 is 0. The maximum Gasteiger partial charge on any atom is 0.00940 e. The second-order valence-electron chi connectivity index (χ2n) is 6.93. The summed E-state index contributed by atoms with van der Waals surface area (Å²) < 4.78 is 0. The topological polar surface area (TPSA) is 15.3 Å². The van der Waals surface area contributed by atoms with Gasteiger partial charge in [0.05, 0.1) is 0 Å². The second kappa shape index (κ2) is 6.91. The van der Waals surface area contributed by atoms with Crippen molar-refractivity contribution >= 4 is 0 Å². The number of piperidine rings is 1. The molecule has 1 saturated carbocycles. The van der Waals surface area contributed by atoms with Gasteiger partial charge in [0.2, 0.25) is 0 Å². The van der Waals surface area contributed by atoms with Crippen LogP contribution in [0.15, 0.2) is 0 Å². The highest BCUT2D eigenvalue weighted by Crippen LogP contribution is 2.30. The number of hydrogen-bond acceptors (Lipinski definition) is 2. The average Bonchev–Trinajstić information content (AvgIpc) is 2.34. The standard InChI is InChI=1S/C16H32N2/c1-13-5-4-6-15(11-13)7-9-17-16-8-10-18(3)14(2)12-16/h13-17H,4-12H2,1-3H3. The summed E-state index contributed by atoms with van der Waals surface area (Å²) in [5, 5.41) is 3.81. The van der Waals surface area contributed by atoms with Gasteiger partial charge in [-0.15, -0.1) is 0 Å². The van der Waals surface area contributed by atoms with Crippen LogP contribution in [0.2, 0.25) is 0 Å². The van der Waals surface area contributed by atoms with Crippen molar-refractivity contribution in [2.24, 2.45) is 11.8 Å². The fourth-order valence-corrected chi connectivity index (χ4v) is 3.79. The number of nitrogens with one attached hydrogen (secondary N) is 1. The zero-order chi connectivity index (χ0) is 13.0. The van der Waals surface area contributed by atoms with E-state index in [0.717, 1.165) is 23.9 Å². The Morgan fingerprint density at radius 3 is 2.67 bits per heavy atom. The molecule has 1 aliphatic heterocycles. The minimum absolute atomic E-state index is 0.756. The molecule has 0 amide bonds. The largest absolute Gasteiger partial charge is 0.314 e. The average molecular weight is 252 g/mol. The molecular weight excluding hydrogens is 220 g/mol. The van der Waals surface area contributed by atoms with Crippen LogP contribution in [0.4, 0.5) is 0 Å². The molecule has 18 heavy (non-hydrogen) atoms. The molecule has 1 aliphatic carbocycles. The van der Waals surface area contributed by atoms with Crippen LogP contribution in [-0.4, -0.2) is 37.1 Å². The SMILES string of the molecule is CC1CCCC(CCNC2CCN(C)C(C)C2)C1. The number of nitrogens with zero attached hydrogens (tertiary/aromatic N) is 1. The number of likely N-dealkylation sites (tertiary alicyclic amines) is 1. The normalized spacial score (nSPS) is 38.8. The molecule has 106 valence electrons. The summed E-state index contributed by atoms with van der Waals surface area (Å²) in [6, 6.07) is 1.53. The summed E-state index contributed by atoms with van der Waals surface area (Å²) in [5.74, 6) is 1.98. The molecule has 0 aromatic carbocycles. The van der Waals surface area contributed by atoms with E-state index in [-0.39, 0.29) is 0 Å². The monoisotopic (exact) mass is 252 g/mol. The summed E-state index contributed by atoms with van der Waals surface area (Å²) in [6.45, 7) is 7.30. The van der Waals surface area contributed by atoms with Crippen LogP contribution in [0.1, 0.15) is 58.8 Å². The first-order chi connectivity index (χ1) is 8.65. The summed E-state index contributed by atoms with van der Waals surface area (Å²) in [5.41, 5.74) is 0. The fourth-order valence-electron chi connectivity index (χ4n) is 3.79. The minimum atomic E-state index is 0.756. The molecule has 2 heteroatoms. The minimum Gasteiger partial charge on any atom is -0.314 e. The van der Waals surface area contributed by atoms with Gasteiger partial charge in [-0.2, -0.15) is 0 Å². The van der Waals surface area contributed by atoms with Gasteiger partial charge in [-0.1, -0.05) is 26.2 Å². The Morgan fingerprint density at radius 2 is 1.94 bits per heavy atom. The Labute approximate surface area is 114 Å². The van der Waals surface area contributed by atoms with E-state index < -0.39 is 0 Å². The van der Waals surface area contributed by atoms with Crippen LogP contribution in [0.5, 0.6) is 0 Å². The number of rotatable bonds is 4. The first kappa shape index (κ1) is 14.3. The molecule has 0 bridgehead atoms. The zero-order valence-electron chi connectivity index (χ0n) is 12.6. The quantitative estimate of drug-likeness (QED) is 0.826. The molecule has 0 radical (unpaired) electrons. The van der Waals surface area contributed by atoms with Gasteiger partial charge in [-0.25, -0.2) is 0 Å². The van der Waals surface area contributed by atoms with Crippen molar-refractivity contribution in [3.8, 4) is 0 Å². The van der Waals surface area contributed by atoms with Gasteiger partial charge in [0, 0.05) is 12.1 Å². The molecule has 4 atom stereocenters. The second-order valence-corrected chi connectivity index (χ2v) is 6.93. The van der Waals surface area contributed by atoms with Crippen LogP contribution in [-0.2, 0) is 0 Å². The summed E-state index contributed by atoms with van der Waals surface area (Å²) in [7, 11) is 2.25. The third kappa shape index (κ3) is 4.24. The summed E-state index contributed by atoms with van der Waals surface area (Å²) in [4.78, 5) is 2.49. The van der Waals surface area contributed by atoms with Gasteiger partial charge in [-0.3, -0.25) is 0 Å². The summed E-state index contributed by atoms with van der Waals surface area (Å²) in [6.07, 6.45) is 9.97. The zero-order valence-corrected chi connectivity index (χ0v) is 12.6. The third-order valence-corrected chi connectivity index (χ3v) is 5.24. The highest BCUT2D eigenvalue weighted by Gasteiger charge is 2.23. The van der Waals surface area contributed by atoms with E-state index in [1.807, 2.05) is 0 Å². The fraction of sp³-hybridized carbons (Fsp3) is 1.00. The van der Waals surface area contributed by atoms with E-state index in [4.69, 9.17) is 0 Å². The first-order valence-corrected chi connectivity index (χ1v) is 8.08. The van der Waals surface area contributed by atoms with Crippen molar-refractivity contribution in [1.82, 2.24) is 10.2 Å². The highest BCUT2D eigenvalue weighted by atomic mass is 15.1. The lowest BCUT2D eigenvalue weighted by Gasteiger charge is -2.36. The van der Waals surface area contributed by atoms with Gasteiger partial charge in [0.25, 0.3) is 0 Å². The van der Waals surface area contributed by atoms with E-state index in [1.54, 1.807) is 0 Å². The van der Waals surface area contributed by atoms with Crippen LogP contribution in [0, 0.1) is 11.8 Å². The van der Waals surface area contributed by atoms with Crippen molar-refractivity contribution in [3.63, 3.8) is 0 Å². The van der Waals surface area contributed by atoms with Crippen LogP contribution in [0.3, 0.4) is 0 Å². The Hall–Kier alpha value is -0.0800. The van der Waals surface area contributed by atoms with Crippen LogP contribution >= 0.6 is 0 Å².